The molecule has 0 bridgehead atoms. The Labute approximate surface area is 178 Å². The quantitative estimate of drug-likeness (QED) is 0.212. The average Bonchev–Trinajstić information content (AvgIpc) is 3.12. The fourth-order valence-corrected chi connectivity index (χ4v) is 5.38. The minimum atomic E-state index is -4.35. The van der Waals surface area contributed by atoms with E-state index in [2.05, 4.69) is 34.1 Å². The average molecular weight is 467 g/mol. The van der Waals surface area contributed by atoms with Gasteiger partial charge in [0, 0.05) is 15.4 Å². The van der Waals surface area contributed by atoms with E-state index in [4.69, 9.17) is 4.74 Å². The van der Waals surface area contributed by atoms with Crippen LogP contribution in [-0.2, 0) is 12.6 Å². The van der Waals surface area contributed by atoms with Crippen LogP contribution >= 0.6 is 15.9 Å². The molecule has 5 heteroatoms. The van der Waals surface area contributed by atoms with Gasteiger partial charge >= 0.3 is 6.18 Å². The molecule has 0 fully saturated rings. The van der Waals surface area contributed by atoms with E-state index in [-0.39, 0.29) is 0 Å². The van der Waals surface area contributed by atoms with Gasteiger partial charge in [0.1, 0.15) is 12.4 Å². The van der Waals surface area contributed by atoms with Gasteiger partial charge < -0.3 is 4.74 Å². The van der Waals surface area contributed by atoms with Crippen molar-refractivity contribution in [2.45, 2.75) is 12.6 Å². The lowest BCUT2D eigenvalue weighted by molar-refractivity contribution is -0.137. The summed E-state index contributed by atoms with van der Waals surface area (Å²) in [6, 6.07) is 14.3. The van der Waals surface area contributed by atoms with Crippen molar-refractivity contribution < 1.29 is 17.9 Å². The molecule has 0 spiro atoms. The Kier molecular flexibility index (Phi) is 3.67. The van der Waals surface area contributed by atoms with E-state index < -0.39 is 11.7 Å². The van der Waals surface area contributed by atoms with Crippen LogP contribution in [0.2, 0.25) is 0 Å². The lowest BCUT2D eigenvalue weighted by atomic mass is 9.89. The van der Waals surface area contributed by atoms with E-state index >= 15 is 0 Å². The van der Waals surface area contributed by atoms with E-state index in [0.29, 0.717) is 18.6 Å². The molecule has 0 unspecified atom stereocenters. The topological polar surface area (TPSA) is 9.23 Å². The van der Waals surface area contributed by atoms with Gasteiger partial charge in [-0.2, -0.15) is 13.2 Å². The molecular formula is C25H14BrF3O. The number of rotatable bonds is 0. The van der Waals surface area contributed by atoms with Crippen molar-refractivity contribution in [1.29, 1.82) is 0 Å². The second kappa shape index (κ2) is 6.11. The lowest BCUT2D eigenvalue weighted by Crippen LogP contribution is -2.05. The number of ether oxygens (including phenoxy) is 1. The SMILES string of the molecule is FC(F)(F)c1ccc2c(c1)Cc1c3c(c4c(cc(Br)c5ccccc54)c1-2)OCC=C3. The van der Waals surface area contributed by atoms with Crippen LogP contribution in [0.15, 0.2) is 59.1 Å². The largest absolute Gasteiger partial charge is 0.488 e. The molecular weight excluding hydrogens is 453 g/mol. The number of alkyl halides is 3. The predicted octanol–water partition coefficient (Wildman–Crippen LogP) is 7.75. The number of fused-ring (bicyclic) bond motifs is 10. The summed E-state index contributed by atoms with van der Waals surface area (Å²) in [6.45, 7) is 0.483. The van der Waals surface area contributed by atoms with Crippen LogP contribution in [-0.4, -0.2) is 6.61 Å². The van der Waals surface area contributed by atoms with Gasteiger partial charge in [0.15, 0.2) is 0 Å². The molecule has 1 aliphatic heterocycles. The molecule has 0 aromatic heterocycles. The van der Waals surface area contributed by atoms with Crippen LogP contribution in [0.25, 0.3) is 38.7 Å². The first-order chi connectivity index (χ1) is 14.4. The number of benzene rings is 4. The van der Waals surface area contributed by atoms with Gasteiger partial charge in [0.2, 0.25) is 0 Å². The van der Waals surface area contributed by atoms with Crippen molar-refractivity contribution >= 4 is 43.6 Å². The first-order valence-electron chi connectivity index (χ1n) is 9.63. The van der Waals surface area contributed by atoms with Gasteiger partial charge in [0.25, 0.3) is 0 Å². The lowest BCUT2D eigenvalue weighted by Gasteiger charge is -2.21. The zero-order chi connectivity index (χ0) is 20.6. The molecule has 0 amide bonds. The van der Waals surface area contributed by atoms with Gasteiger partial charge in [0.05, 0.1) is 5.56 Å². The third kappa shape index (κ3) is 2.42. The molecule has 0 saturated heterocycles. The fraction of sp³-hybridized carbons (Fsp3) is 0.120. The van der Waals surface area contributed by atoms with E-state index in [1.54, 1.807) is 6.07 Å². The number of halogens is 4. The maximum absolute atomic E-state index is 13.3. The second-order valence-corrected chi connectivity index (χ2v) is 8.54. The Balaban J connectivity index is 1.77. The Morgan fingerprint density at radius 1 is 0.933 bits per heavy atom. The van der Waals surface area contributed by atoms with E-state index in [1.165, 1.54) is 12.1 Å². The molecule has 1 aliphatic carbocycles. The van der Waals surface area contributed by atoms with Crippen LogP contribution in [0.3, 0.4) is 0 Å². The first-order valence-corrected chi connectivity index (χ1v) is 10.4. The highest BCUT2D eigenvalue weighted by molar-refractivity contribution is 9.10. The van der Waals surface area contributed by atoms with Crippen LogP contribution < -0.4 is 4.74 Å². The molecule has 4 aromatic rings. The molecule has 1 nitrogen and oxygen atoms in total. The van der Waals surface area contributed by atoms with Crippen LogP contribution in [0.5, 0.6) is 5.75 Å². The normalized spacial score (nSPS) is 14.5. The molecule has 0 radical (unpaired) electrons. The van der Waals surface area contributed by atoms with Crippen molar-refractivity contribution in [2.75, 3.05) is 6.61 Å². The summed E-state index contributed by atoms with van der Waals surface area (Å²) in [5.41, 5.74) is 3.98. The first kappa shape index (κ1) is 18.0. The van der Waals surface area contributed by atoms with Crippen molar-refractivity contribution in [1.82, 2.24) is 0 Å². The summed E-state index contributed by atoms with van der Waals surface area (Å²) in [5, 5.41) is 4.16. The Morgan fingerprint density at radius 3 is 2.53 bits per heavy atom. The Bertz CT molecular complexity index is 1420. The van der Waals surface area contributed by atoms with Gasteiger partial charge in [-0.15, -0.1) is 0 Å². The van der Waals surface area contributed by atoms with Gasteiger partial charge in [-0.25, -0.2) is 0 Å². The standard InChI is InChI=1S/C25H14BrF3O/c26-21-12-20-22-15-8-7-14(25(27,28)29)10-13(15)11-19(22)18-6-3-9-30-24(18)23(20)17-5-2-1-4-16(17)21/h1-8,10,12H,9,11H2. The summed E-state index contributed by atoms with van der Waals surface area (Å²) < 4.78 is 47.0. The molecule has 0 atom stereocenters. The van der Waals surface area contributed by atoms with Crippen molar-refractivity contribution in [3.05, 3.63) is 81.3 Å². The van der Waals surface area contributed by atoms with E-state index in [9.17, 15) is 13.2 Å². The number of hydrogen-bond acceptors (Lipinski definition) is 1. The molecule has 30 heavy (non-hydrogen) atoms. The predicted molar refractivity (Wildman–Crippen MR) is 117 cm³/mol. The Hall–Kier alpha value is -2.79. The molecule has 148 valence electrons. The zero-order valence-electron chi connectivity index (χ0n) is 15.6. The molecule has 1 heterocycles. The maximum Gasteiger partial charge on any atom is 0.416 e. The molecule has 0 saturated carbocycles. The zero-order valence-corrected chi connectivity index (χ0v) is 17.2. The second-order valence-electron chi connectivity index (χ2n) is 7.68. The van der Waals surface area contributed by atoms with Gasteiger partial charge in [-0.3, -0.25) is 0 Å². The van der Waals surface area contributed by atoms with E-state index in [1.807, 2.05) is 24.3 Å². The van der Waals surface area contributed by atoms with Crippen molar-refractivity contribution in [2.24, 2.45) is 0 Å². The van der Waals surface area contributed by atoms with E-state index in [0.717, 1.165) is 54.0 Å². The monoisotopic (exact) mass is 466 g/mol. The summed E-state index contributed by atoms with van der Waals surface area (Å²) >= 11 is 3.70. The summed E-state index contributed by atoms with van der Waals surface area (Å²) in [7, 11) is 0. The maximum atomic E-state index is 13.3. The summed E-state index contributed by atoms with van der Waals surface area (Å²) in [5.74, 6) is 0.818. The summed E-state index contributed by atoms with van der Waals surface area (Å²) in [6.07, 6.45) is 0.114. The smallest absolute Gasteiger partial charge is 0.416 e. The third-order valence-corrected chi connectivity index (χ3v) is 6.70. The van der Waals surface area contributed by atoms with Gasteiger partial charge in [-0.05, 0) is 69.1 Å². The van der Waals surface area contributed by atoms with Crippen molar-refractivity contribution in [3.8, 4) is 16.9 Å². The highest BCUT2D eigenvalue weighted by Gasteiger charge is 2.34. The van der Waals surface area contributed by atoms with Crippen molar-refractivity contribution in [3.63, 3.8) is 0 Å². The summed E-state index contributed by atoms with van der Waals surface area (Å²) in [4.78, 5) is 0. The highest BCUT2D eigenvalue weighted by atomic mass is 79.9. The molecule has 0 N–H and O–H groups in total. The number of hydrogen-bond donors (Lipinski definition) is 0. The fourth-order valence-electron chi connectivity index (χ4n) is 4.81. The van der Waals surface area contributed by atoms with Crippen LogP contribution in [0.1, 0.15) is 22.3 Å². The van der Waals surface area contributed by atoms with Crippen LogP contribution in [0, 0.1) is 0 Å². The molecule has 6 rings (SSSR count). The molecule has 2 aliphatic rings. The Morgan fingerprint density at radius 2 is 1.73 bits per heavy atom. The third-order valence-electron chi connectivity index (χ3n) is 6.04. The van der Waals surface area contributed by atoms with Crippen LogP contribution in [0.4, 0.5) is 13.2 Å². The highest BCUT2D eigenvalue weighted by Crippen LogP contribution is 2.52. The minimum Gasteiger partial charge on any atom is -0.488 e. The minimum absolute atomic E-state index is 0.463. The molecule has 4 aromatic carbocycles. The van der Waals surface area contributed by atoms with Gasteiger partial charge in [-0.1, -0.05) is 52.3 Å².